The Hall–Kier alpha value is -2.90. The van der Waals surface area contributed by atoms with Gasteiger partial charge < -0.3 is 9.47 Å². The monoisotopic (exact) mass is 500 g/mol. The number of unbranched alkanes of at least 4 members (excludes halogenated alkanes) is 5. The van der Waals surface area contributed by atoms with Gasteiger partial charge in [0.25, 0.3) is 0 Å². The van der Waals surface area contributed by atoms with Crippen molar-refractivity contribution >= 4 is 51.1 Å². The lowest BCUT2D eigenvalue weighted by molar-refractivity contribution is -0.121. The summed E-state index contributed by atoms with van der Waals surface area (Å²) in [6.45, 7) is 2.18. The summed E-state index contributed by atoms with van der Waals surface area (Å²) in [6.07, 6.45) is 8.75. The number of rotatable bonds is 12. The van der Waals surface area contributed by atoms with Gasteiger partial charge in [-0.05, 0) is 36.2 Å². The fourth-order valence-electron chi connectivity index (χ4n) is 3.44. The molecule has 8 heteroatoms. The van der Waals surface area contributed by atoms with Gasteiger partial charge in [-0.1, -0.05) is 68.8 Å². The minimum absolute atomic E-state index is 0.107. The number of carbonyl (C=O) groups excluding carboxylic acids is 2. The zero-order chi connectivity index (χ0) is 24.3. The van der Waals surface area contributed by atoms with Gasteiger partial charge in [-0.15, -0.1) is 11.3 Å². The highest BCUT2D eigenvalue weighted by Crippen LogP contribution is 2.37. The number of hydrogen-bond acceptors (Lipinski definition) is 6. The van der Waals surface area contributed by atoms with Crippen LogP contribution in [0, 0.1) is 0 Å². The Bertz CT molecular complexity index is 1160. The molecule has 180 valence electrons. The SMILES string of the molecule is CCCCCCCCC(=O)NN=Cc1ccc(OC(=O)c2sc3ccccc3c2Cl)c(OC)c1. The topological polar surface area (TPSA) is 77.0 Å². The summed E-state index contributed by atoms with van der Waals surface area (Å²) >= 11 is 7.67. The largest absolute Gasteiger partial charge is 0.493 e. The summed E-state index contributed by atoms with van der Waals surface area (Å²) < 4.78 is 11.8. The van der Waals surface area contributed by atoms with E-state index in [0.717, 1.165) is 29.3 Å². The molecule has 0 aliphatic heterocycles. The van der Waals surface area contributed by atoms with Crippen LogP contribution in [0.15, 0.2) is 47.6 Å². The highest BCUT2D eigenvalue weighted by molar-refractivity contribution is 7.21. The molecule has 0 radical (unpaired) electrons. The van der Waals surface area contributed by atoms with E-state index in [1.807, 2.05) is 24.3 Å². The second-order valence-corrected chi connectivity index (χ2v) is 9.28. The fourth-order valence-corrected chi connectivity index (χ4v) is 4.83. The van der Waals surface area contributed by atoms with Crippen molar-refractivity contribution in [3.63, 3.8) is 0 Å². The summed E-state index contributed by atoms with van der Waals surface area (Å²) in [6, 6.07) is 12.6. The number of benzene rings is 2. The van der Waals surface area contributed by atoms with E-state index in [1.54, 1.807) is 18.2 Å². The molecule has 0 bridgehead atoms. The van der Waals surface area contributed by atoms with Crippen LogP contribution in [-0.4, -0.2) is 25.2 Å². The molecule has 0 aliphatic rings. The third-order valence-electron chi connectivity index (χ3n) is 5.27. The van der Waals surface area contributed by atoms with Crippen LogP contribution in [0.1, 0.15) is 67.1 Å². The molecule has 0 fully saturated rings. The molecule has 1 N–H and O–H groups in total. The van der Waals surface area contributed by atoms with Gasteiger partial charge in [0.05, 0.1) is 18.3 Å². The van der Waals surface area contributed by atoms with E-state index in [2.05, 4.69) is 17.5 Å². The van der Waals surface area contributed by atoms with Crippen LogP contribution in [0.25, 0.3) is 10.1 Å². The van der Waals surface area contributed by atoms with Crippen LogP contribution in [0.2, 0.25) is 5.02 Å². The Labute approximate surface area is 208 Å². The number of halogens is 1. The second-order valence-electron chi connectivity index (χ2n) is 7.85. The van der Waals surface area contributed by atoms with Crippen molar-refractivity contribution in [2.75, 3.05) is 7.11 Å². The van der Waals surface area contributed by atoms with Crippen molar-refractivity contribution in [2.24, 2.45) is 5.10 Å². The molecule has 1 aromatic heterocycles. The van der Waals surface area contributed by atoms with Gasteiger partial charge in [0.1, 0.15) is 4.88 Å². The molecule has 0 saturated heterocycles. The number of methoxy groups -OCH3 is 1. The minimum Gasteiger partial charge on any atom is -0.493 e. The molecule has 0 saturated carbocycles. The highest BCUT2D eigenvalue weighted by atomic mass is 35.5. The molecule has 0 spiro atoms. The summed E-state index contributed by atoms with van der Waals surface area (Å²) in [5.74, 6) is -0.0180. The Morgan fingerprint density at radius 1 is 1.06 bits per heavy atom. The average molecular weight is 501 g/mol. The first-order valence-electron chi connectivity index (χ1n) is 11.4. The number of nitrogens with one attached hydrogen (secondary N) is 1. The Kier molecular flexibility index (Phi) is 9.91. The Morgan fingerprint density at radius 2 is 1.82 bits per heavy atom. The third kappa shape index (κ3) is 7.05. The first-order valence-corrected chi connectivity index (χ1v) is 12.6. The highest BCUT2D eigenvalue weighted by Gasteiger charge is 2.20. The van der Waals surface area contributed by atoms with Crippen molar-refractivity contribution in [3.8, 4) is 11.5 Å². The van der Waals surface area contributed by atoms with Gasteiger partial charge in [-0.3, -0.25) is 4.79 Å². The van der Waals surface area contributed by atoms with Crippen molar-refractivity contribution in [1.82, 2.24) is 5.43 Å². The second kappa shape index (κ2) is 13.1. The molecule has 34 heavy (non-hydrogen) atoms. The first kappa shape index (κ1) is 25.7. The zero-order valence-corrected chi connectivity index (χ0v) is 21.0. The fraction of sp³-hybridized carbons (Fsp3) is 0.346. The number of hydrazone groups is 1. The molecule has 3 aromatic rings. The summed E-state index contributed by atoms with van der Waals surface area (Å²) in [7, 11) is 1.49. The van der Waals surface area contributed by atoms with E-state index < -0.39 is 5.97 Å². The molecule has 1 amide bonds. The van der Waals surface area contributed by atoms with Crippen LogP contribution in [-0.2, 0) is 4.79 Å². The number of nitrogens with zero attached hydrogens (tertiary/aromatic N) is 1. The average Bonchev–Trinajstić information content (AvgIpc) is 3.19. The summed E-state index contributed by atoms with van der Waals surface area (Å²) in [5.41, 5.74) is 3.24. The normalized spacial score (nSPS) is 11.1. The quantitative estimate of drug-likeness (QED) is 0.0956. The van der Waals surface area contributed by atoms with E-state index >= 15 is 0 Å². The molecule has 3 rings (SSSR count). The minimum atomic E-state index is -0.548. The maximum absolute atomic E-state index is 12.7. The molecule has 6 nitrogen and oxygen atoms in total. The molecule has 0 unspecified atom stereocenters. The number of hydrogen-bond donors (Lipinski definition) is 1. The standard InChI is InChI=1S/C26H29ClN2O4S/c1-3-4-5-6-7-8-13-23(30)29-28-17-18-14-15-20(21(16-18)32-2)33-26(31)25-24(27)19-11-9-10-12-22(19)34-25/h9-12,14-17H,3-8,13H2,1-2H3,(H,29,30). The van der Waals surface area contributed by atoms with E-state index in [1.165, 1.54) is 43.9 Å². The van der Waals surface area contributed by atoms with Crippen molar-refractivity contribution in [3.05, 3.63) is 57.9 Å². The zero-order valence-electron chi connectivity index (χ0n) is 19.4. The van der Waals surface area contributed by atoms with Crippen molar-refractivity contribution in [2.45, 2.75) is 51.9 Å². The number of carbonyl (C=O) groups is 2. The Balaban J connectivity index is 1.56. The molecular formula is C26H29ClN2O4S. The number of esters is 1. The molecule has 2 aromatic carbocycles. The number of fused-ring (bicyclic) bond motifs is 1. The molecule has 0 aliphatic carbocycles. The van der Waals surface area contributed by atoms with Gasteiger partial charge in [-0.2, -0.15) is 5.10 Å². The van der Waals surface area contributed by atoms with Crippen LogP contribution in [0.3, 0.4) is 0 Å². The lowest BCUT2D eigenvalue weighted by Gasteiger charge is -2.09. The maximum atomic E-state index is 12.7. The van der Waals surface area contributed by atoms with E-state index in [-0.39, 0.29) is 11.7 Å². The van der Waals surface area contributed by atoms with Crippen molar-refractivity contribution < 1.29 is 19.1 Å². The van der Waals surface area contributed by atoms with Gasteiger partial charge in [0.2, 0.25) is 5.91 Å². The number of amides is 1. The van der Waals surface area contributed by atoms with Gasteiger partial charge in [0, 0.05) is 16.5 Å². The molecular weight excluding hydrogens is 472 g/mol. The van der Waals surface area contributed by atoms with E-state index in [4.69, 9.17) is 21.1 Å². The van der Waals surface area contributed by atoms with Crippen LogP contribution < -0.4 is 14.9 Å². The van der Waals surface area contributed by atoms with Gasteiger partial charge >= 0.3 is 5.97 Å². The lowest BCUT2D eigenvalue weighted by atomic mass is 10.1. The maximum Gasteiger partial charge on any atom is 0.355 e. The van der Waals surface area contributed by atoms with E-state index in [9.17, 15) is 9.59 Å². The molecule has 0 atom stereocenters. The Morgan fingerprint density at radius 3 is 2.59 bits per heavy atom. The predicted molar refractivity (Wildman–Crippen MR) is 139 cm³/mol. The van der Waals surface area contributed by atoms with Crippen molar-refractivity contribution in [1.29, 1.82) is 0 Å². The van der Waals surface area contributed by atoms with Crippen LogP contribution >= 0.6 is 22.9 Å². The van der Waals surface area contributed by atoms with Gasteiger partial charge in [-0.25, -0.2) is 10.2 Å². The van der Waals surface area contributed by atoms with Crippen LogP contribution in [0.5, 0.6) is 11.5 Å². The lowest BCUT2D eigenvalue weighted by Crippen LogP contribution is -2.16. The number of thiophene rings is 1. The first-order chi connectivity index (χ1) is 16.5. The molecule has 1 heterocycles. The van der Waals surface area contributed by atoms with Crippen LogP contribution in [0.4, 0.5) is 0 Å². The summed E-state index contributed by atoms with van der Waals surface area (Å²) in [5, 5.41) is 5.21. The predicted octanol–water partition coefficient (Wildman–Crippen LogP) is 6.98. The van der Waals surface area contributed by atoms with E-state index in [0.29, 0.717) is 27.6 Å². The summed E-state index contributed by atoms with van der Waals surface area (Å²) in [4.78, 5) is 25.0. The number of ether oxygens (including phenoxy) is 2. The smallest absolute Gasteiger partial charge is 0.355 e. The third-order valence-corrected chi connectivity index (χ3v) is 6.93. The van der Waals surface area contributed by atoms with Gasteiger partial charge in [0.15, 0.2) is 11.5 Å².